The molecule has 12 heavy (non-hydrogen) atoms. The van der Waals surface area contributed by atoms with Crippen LogP contribution < -0.4 is 10.6 Å². The van der Waals surface area contributed by atoms with Crippen LogP contribution in [0, 0.1) is 0 Å². The van der Waals surface area contributed by atoms with E-state index in [4.69, 9.17) is 9.84 Å². The van der Waals surface area contributed by atoms with Crippen LogP contribution in [0.2, 0.25) is 0 Å². The van der Waals surface area contributed by atoms with E-state index in [1.54, 1.807) is 6.92 Å². The highest BCUT2D eigenvalue weighted by molar-refractivity contribution is 4.51. The molecule has 0 saturated heterocycles. The number of aliphatic hydroxyl groups is 1. The first-order valence-electron chi connectivity index (χ1n) is 4.47. The summed E-state index contributed by atoms with van der Waals surface area (Å²) in [5.41, 5.74) is 0. The first-order valence-corrected chi connectivity index (χ1v) is 4.47. The minimum Gasteiger partial charge on any atom is -0.380 e. The van der Waals surface area contributed by atoms with Crippen LogP contribution in [0.5, 0.6) is 0 Å². The van der Waals surface area contributed by atoms with E-state index < -0.39 is 6.23 Å². The van der Waals surface area contributed by atoms with Gasteiger partial charge in [0.15, 0.2) is 0 Å². The molecule has 0 aliphatic heterocycles. The molecule has 74 valence electrons. The number of nitrogens with one attached hydrogen (secondary N) is 2. The molecule has 0 fully saturated rings. The second-order valence-corrected chi connectivity index (χ2v) is 2.58. The molecule has 0 radical (unpaired) electrons. The van der Waals surface area contributed by atoms with Crippen LogP contribution in [0.4, 0.5) is 0 Å². The monoisotopic (exact) mass is 176 g/mol. The van der Waals surface area contributed by atoms with Gasteiger partial charge in [-0.05, 0) is 13.8 Å². The van der Waals surface area contributed by atoms with Gasteiger partial charge < -0.3 is 15.2 Å². The van der Waals surface area contributed by atoms with Gasteiger partial charge in [0.1, 0.15) is 6.23 Å². The lowest BCUT2D eigenvalue weighted by molar-refractivity contribution is 0.146. The summed E-state index contributed by atoms with van der Waals surface area (Å²) >= 11 is 0. The van der Waals surface area contributed by atoms with Crippen molar-refractivity contribution in [1.29, 1.82) is 0 Å². The molecule has 0 aromatic carbocycles. The van der Waals surface area contributed by atoms with E-state index in [9.17, 15) is 0 Å². The lowest BCUT2D eigenvalue weighted by Gasteiger charge is -2.08. The molecular weight excluding hydrogens is 156 g/mol. The largest absolute Gasteiger partial charge is 0.380 e. The molecule has 0 saturated carbocycles. The van der Waals surface area contributed by atoms with Crippen molar-refractivity contribution in [1.82, 2.24) is 10.6 Å². The number of hydrogen-bond acceptors (Lipinski definition) is 4. The number of ether oxygens (including phenoxy) is 1. The van der Waals surface area contributed by atoms with Gasteiger partial charge >= 0.3 is 0 Å². The molecule has 4 heteroatoms. The molecule has 0 spiro atoms. The molecule has 0 heterocycles. The Labute approximate surface area is 74.3 Å². The fraction of sp³-hybridized carbons (Fsp3) is 1.00. The summed E-state index contributed by atoms with van der Waals surface area (Å²) in [5, 5.41) is 14.9. The van der Waals surface area contributed by atoms with Crippen molar-refractivity contribution in [2.24, 2.45) is 0 Å². The van der Waals surface area contributed by atoms with E-state index in [0.717, 1.165) is 32.8 Å². The van der Waals surface area contributed by atoms with E-state index >= 15 is 0 Å². The molecule has 0 aromatic heterocycles. The van der Waals surface area contributed by atoms with Crippen molar-refractivity contribution in [2.75, 3.05) is 32.8 Å². The van der Waals surface area contributed by atoms with Gasteiger partial charge in [0.2, 0.25) is 0 Å². The van der Waals surface area contributed by atoms with Gasteiger partial charge in [-0.25, -0.2) is 0 Å². The van der Waals surface area contributed by atoms with E-state index in [1.807, 2.05) is 6.92 Å². The number of hydrogen-bond donors (Lipinski definition) is 3. The Morgan fingerprint density at radius 2 is 2.08 bits per heavy atom. The Bertz CT molecular complexity index is 89.1. The summed E-state index contributed by atoms with van der Waals surface area (Å²) in [7, 11) is 0. The first kappa shape index (κ1) is 11.8. The van der Waals surface area contributed by atoms with E-state index in [2.05, 4.69) is 10.6 Å². The Kier molecular flexibility index (Phi) is 8.81. The van der Waals surface area contributed by atoms with Crippen molar-refractivity contribution in [3.8, 4) is 0 Å². The maximum absolute atomic E-state index is 8.83. The Morgan fingerprint density at radius 1 is 1.33 bits per heavy atom. The van der Waals surface area contributed by atoms with Gasteiger partial charge in [0.25, 0.3) is 0 Å². The third kappa shape index (κ3) is 9.84. The van der Waals surface area contributed by atoms with E-state index in [-0.39, 0.29) is 0 Å². The van der Waals surface area contributed by atoms with Crippen LogP contribution >= 0.6 is 0 Å². The lowest BCUT2D eigenvalue weighted by atomic mass is 10.5. The molecule has 0 bridgehead atoms. The van der Waals surface area contributed by atoms with Gasteiger partial charge in [0, 0.05) is 26.2 Å². The van der Waals surface area contributed by atoms with Gasteiger partial charge in [0.05, 0.1) is 6.61 Å². The van der Waals surface area contributed by atoms with Gasteiger partial charge in [-0.3, -0.25) is 5.32 Å². The second kappa shape index (κ2) is 8.93. The van der Waals surface area contributed by atoms with Gasteiger partial charge in [-0.15, -0.1) is 0 Å². The Balaban J connectivity index is 2.82. The summed E-state index contributed by atoms with van der Waals surface area (Å²) in [4.78, 5) is 0. The smallest absolute Gasteiger partial charge is 0.102 e. The first-order chi connectivity index (χ1) is 5.77. The van der Waals surface area contributed by atoms with Crippen LogP contribution in [-0.4, -0.2) is 44.2 Å². The number of aliphatic hydroxyl groups excluding tert-OH is 1. The fourth-order valence-electron chi connectivity index (χ4n) is 0.783. The second-order valence-electron chi connectivity index (χ2n) is 2.58. The molecule has 0 amide bonds. The number of rotatable bonds is 8. The molecular formula is C8H20N2O2. The van der Waals surface area contributed by atoms with E-state index in [1.165, 1.54) is 0 Å². The normalized spacial score (nSPS) is 13.2. The molecule has 3 N–H and O–H groups in total. The summed E-state index contributed by atoms with van der Waals surface area (Å²) in [6.45, 7) is 7.73. The predicted molar refractivity (Wildman–Crippen MR) is 49.0 cm³/mol. The topological polar surface area (TPSA) is 53.5 Å². The Hall–Kier alpha value is -0.160. The molecule has 0 aliphatic carbocycles. The van der Waals surface area contributed by atoms with Crippen LogP contribution in [0.1, 0.15) is 13.8 Å². The Morgan fingerprint density at radius 3 is 2.67 bits per heavy atom. The maximum Gasteiger partial charge on any atom is 0.102 e. The molecule has 1 unspecified atom stereocenters. The molecule has 4 nitrogen and oxygen atoms in total. The van der Waals surface area contributed by atoms with Gasteiger partial charge in [-0.2, -0.15) is 0 Å². The van der Waals surface area contributed by atoms with Crippen LogP contribution in [0.15, 0.2) is 0 Å². The van der Waals surface area contributed by atoms with Crippen molar-refractivity contribution >= 4 is 0 Å². The van der Waals surface area contributed by atoms with Crippen molar-refractivity contribution in [3.63, 3.8) is 0 Å². The van der Waals surface area contributed by atoms with Crippen molar-refractivity contribution in [2.45, 2.75) is 20.1 Å². The zero-order valence-electron chi connectivity index (χ0n) is 7.97. The third-order valence-electron chi connectivity index (χ3n) is 1.37. The molecule has 0 aromatic rings. The zero-order chi connectivity index (χ0) is 9.23. The minimum absolute atomic E-state index is 0.418. The average Bonchev–Trinajstić information content (AvgIpc) is 2.02. The quantitative estimate of drug-likeness (QED) is 0.346. The lowest BCUT2D eigenvalue weighted by Crippen LogP contribution is -2.34. The standard InChI is InChI=1S/C8H20N2O2/c1-3-12-7-6-9-4-5-10-8(2)11/h8-11H,3-7H2,1-2H3. The summed E-state index contributed by atoms with van der Waals surface area (Å²) in [5.74, 6) is 0. The fourth-order valence-corrected chi connectivity index (χ4v) is 0.783. The maximum atomic E-state index is 8.83. The highest BCUT2D eigenvalue weighted by atomic mass is 16.5. The van der Waals surface area contributed by atoms with Crippen LogP contribution in [-0.2, 0) is 4.74 Å². The predicted octanol–water partition coefficient (Wildman–Crippen LogP) is -0.460. The van der Waals surface area contributed by atoms with Crippen LogP contribution in [0.3, 0.4) is 0 Å². The third-order valence-corrected chi connectivity index (χ3v) is 1.37. The van der Waals surface area contributed by atoms with Crippen molar-refractivity contribution in [3.05, 3.63) is 0 Å². The highest BCUT2D eigenvalue weighted by Crippen LogP contribution is 1.71. The van der Waals surface area contributed by atoms with E-state index in [0.29, 0.717) is 0 Å². The summed E-state index contributed by atoms with van der Waals surface area (Å²) in [6.07, 6.45) is -0.418. The van der Waals surface area contributed by atoms with Crippen molar-refractivity contribution < 1.29 is 9.84 Å². The SMILES string of the molecule is CCOCCNCCNC(C)O. The zero-order valence-corrected chi connectivity index (χ0v) is 7.97. The minimum atomic E-state index is -0.418. The summed E-state index contributed by atoms with van der Waals surface area (Å²) < 4.78 is 5.13. The van der Waals surface area contributed by atoms with Crippen LogP contribution in [0.25, 0.3) is 0 Å². The molecule has 1 atom stereocenters. The molecule has 0 aliphatic rings. The van der Waals surface area contributed by atoms with Gasteiger partial charge in [-0.1, -0.05) is 0 Å². The molecule has 0 rings (SSSR count). The average molecular weight is 176 g/mol. The highest BCUT2D eigenvalue weighted by Gasteiger charge is 1.91. The summed E-state index contributed by atoms with van der Waals surface area (Å²) in [6, 6.07) is 0.